The molecule has 0 aromatic carbocycles. The topological polar surface area (TPSA) is 38.7 Å². The fraction of sp³-hybridized carbons (Fsp3) is 0.846. The van der Waals surface area contributed by atoms with Gasteiger partial charge in [-0.25, -0.2) is 0 Å². The predicted molar refractivity (Wildman–Crippen MR) is 62.0 cm³/mol. The van der Waals surface area contributed by atoms with E-state index in [2.05, 4.69) is 6.08 Å². The van der Waals surface area contributed by atoms with Gasteiger partial charge in [-0.05, 0) is 44.1 Å². The quantitative estimate of drug-likeness (QED) is 0.557. The fourth-order valence-corrected chi connectivity index (χ4v) is 3.00. The first kappa shape index (κ1) is 11.9. The molecule has 92 valence electrons. The zero-order valence-electron chi connectivity index (χ0n) is 9.97. The van der Waals surface area contributed by atoms with Crippen LogP contribution in [0.15, 0.2) is 12.3 Å². The van der Waals surface area contributed by atoms with Crippen molar-refractivity contribution in [3.05, 3.63) is 12.3 Å². The van der Waals surface area contributed by atoms with Gasteiger partial charge in [-0.2, -0.15) is 0 Å². The number of allylic oxidation sites excluding steroid dienone is 1. The second-order valence-electron chi connectivity index (χ2n) is 4.93. The Balaban J connectivity index is 1.65. The third kappa shape index (κ3) is 2.58. The van der Waals surface area contributed by atoms with Crippen molar-refractivity contribution in [2.24, 2.45) is 11.8 Å². The Kier molecular flexibility index (Phi) is 4.24. The number of aliphatic hydroxyl groups excluding tert-OH is 1. The Bertz CT molecular complexity index is 239. The van der Waals surface area contributed by atoms with Crippen LogP contribution in [0.1, 0.15) is 32.1 Å². The van der Waals surface area contributed by atoms with E-state index >= 15 is 0 Å². The molecule has 2 aliphatic heterocycles. The minimum atomic E-state index is 0.296. The number of unbranched alkanes of at least 4 members (excludes halogenated alkanes) is 1. The lowest BCUT2D eigenvalue weighted by Crippen LogP contribution is -2.25. The molecule has 3 heteroatoms. The lowest BCUT2D eigenvalue weighted by atomic mass is 9.80. The van der Waals surface area contributed by atoms with Gasteiger partial charge in [0.2, 0.25) is 0 Å². The number of fused-ring (bicyclic) bond motifs is 2. The molecule has 0 amide bonds. The number of hydrogen-bond donors (Lipinski definition) is 1. The second-order valence-corrected chi connectivity index (χ2v) is 4.93. The van der Waals surface area contributed by atoms with E-state index < -0.39 is 0 Å². The lowest BCUT2D eigenvalue weighted by molar-refractivity contribution is 0.0743. The van der Waals surface area contributed by atoms with E-state index in [9.17, 15) is 0 Å². The van der Waals surface area contributed by atoms with Gasteiger partial charge in [-0.3, -0.25) is 0 Å². The molecule has 1 N–H and O–H groups in total. The van der Waals surface area contributed by atoms with Crippen molar-refractivity contribution in [2.45, 2.75) is 44.3 Å². The van der Waals surface area contributed by atoms with Crippen LogP contribution >= 0.6 is 0 Å². The van der Waals surface area contributed by atoms with Crippen LogP contribution < -0.4 is 0 Å². The average Bonchev–Trinajstić information content (AvgIpc) is 2.87. The second kappa shape index (κ2) is 5.69. The van der Waals surface area contributed by atoms with E-state index in [1.54, 1.807) is 13.4 Å². The van der Waals surface area contributed by atoms with Gasteiger partial charge in [-0.15, -0.1) is 0 Å². The van der Waals surface area contributed by atoms with E-state index in [0.717, 1.165) is 25.2 Å². The molecular weight excluding hydrogens is 204 g/mol. The van der Waals surface area contributed by atoms with Crippen LogP contribution in [-0.4, -0.2) is 31.0 Å². The van der Waals surface area contributed by atoms with Gasteiger partial charge < -0.3 is 14.6 Å². The highest BCUT2D eigenvalue weighted by Gasteiger charge is 2.46. The molecule has 0 saturated carbocycles. The summed E-state index contributed by atoms with van der Waals surface area (Å²) in [5.74, 6) is 1.14. The van der Waals surface area contributed by atoms with E-state index in [4.69, 9.17) is 14.6 Å². The summed E-state index contributed by atoms with van der Waals surface area (Å²) in [5, 5.41) is 9.14. The molecule has 0 aliphatic carbocycles. The summed E-state index contributed by atoms with van der Waals surface area (Å²) in [5.41, 5.74) is 0. The van der Waals surface area contributed by atoms with Crippen molar-refractivity contribution in [1.29, 1.82) is 0 Å². The van der Waals surface area contributed by atoms with E-state index in [0.29, 0.717) is 24.7 Å². The number of rotatable bonds is 6. The van der Waals surface area contributed by atoms with Gasteiger partial charge >= 0.3 is 0 Å². The monoisotopic (exact) mass is 226 g/mol. The van der Waals surface area contributed by atoms with Gasteiger partial charge in [0.1, 0.15) is 0 Å². The molecular formula is C13H22O3. The standard InChI is InChI=1S/C13H22O3/c1-15-6-4-2-3-5-10-7-13-11(9-14)8-12(10)16-13/h4,6,10-14H,2-3,5,7-9H2,1H3/b6-4+. The minimum absolute atomic E-state index is 0.296. The van der Waals surface area contributed by atoms with Crippen LogP contribution in [0.3, 0.4) is 0 Å². The Morgan fingerprint density at radius 3 is 2.69 bits per heavy atom. The average molecular weight is 226 g/mol. The van der Waals surface area contributed by atoms with E-state index in [1.165, 1.54) is 12.8 Å². The van der Waals surface area contributed by atoms with Crippen LogP contribution in [0.5, 0.6) is 0 Å². The molecule has 0 aromatic heterocycles. The van der Waals surface area contributed by atoms with E-state index in [-0.39, 0.29) is 0 Å². The molecule has 2 fully saturated rings. The molecule has 2 saturated heterocycles. The Morgan fingerprint density at radius 1 is 1.31 bits per heavy atom. The first-order valence-corrected chi connectivity index (χ1v) is 6.29. The number of hydrogen-bond acceptors (Lipinski definition) is 3. The fourth-order valence-electron chi connectivity index (χ4n) is 3.00. The largest absolute Gasteiger partial charge is 0.505 e. The maximum atomic E-state index is 9.14. The van der Waals surface area contributed by atoms with Crippen LogP contribution in [0.25, 0.3) is 0 Å². The molecule has 2 heterocycles. The van der Waals surface area contributed by atoms with Crippen molar-refractivity contribution in [3.63, 3.8) is 0 Å². The summed E-state index contributed by atoms with van der Waals surface area (Å²) in [6.07, 6.45) is 10.4. The zero-order chi connectivity index (χ0) is 11.4. The molecule has 0 radical (unpaired) electrons. The summed E-state index contributed by atoms with van der Waals surface area (Å²) in [6, 6.07) is 0. The third-order valence-electron chi connectivity index (χ3n) is 3.88. The normalized spacial score (nSPS) is 37.4. The number of aliphatic hydroxyl groups is 1. The first-order chi connectivity index (χ1) is 7.85. The van der Waals surface area contributed by atoms with Crippen molar-refractivity contribution < 1.29 is 14.6 Å². The molecule has 2 bridgehead atoms. The van der Waals surface area contributed by atoms with E-state index in [1.807, 2.05) is 0 Å². The summed E-state index contributed by atoms with van der Waals surface area (Å²) >= 11 is 0. The van der Waals surface area contributed by atoms with Crippen LogP contribution in [0, 0.1) is 11.8 Å². The molecule has 4 atom stereocenters. The first-order valence-electron chi connectivity index (χ1n) is 6.29. The smallest absolute Gasteiger partial charge is 0.0784 e. The molecule has 2 aliphatic rings. The highest BCUT2D eigenvalue weighted by molar-refractivity contribution is 4.94. The van der Waals surface area contributed by atoms with Crippen molar-refractivity contribution in [3.8, 4) is 0 Å². The molecule has 16 heavy (non-hydrogen) atoms. The highest BCUT2D eigenvalue weighted by atomic mass is 16.5. The summed E-state index contributed by atoms with van der Waals surface area (Å²) in [6.45, 7) is 0.296. The SMILES string of the molecule is CO/C=C/CCCC1CC2OC1CC2CO. The predicted octanol–water partition coefficient (Wildman–Crippen LogP) is 2.10. The van der Waals surface area contributed by atoms with Crippen molar-refractivity contribution >= 4 is 0 Å². The Labute approximate surface area is 97.4 Å². The maximum absolute atomic E-state index is 9.14. The van der Waals surface area contributed by atoms with Crippen molar-refractivity contribution in [1.82, 2.24) is 0 Å². The number of methoxy groups -OCH3 is 1. The number of ether oxygens (including phenoxy) is 2. The molecule has 3 nitrogen and oxygen atoms in total. The van der Waals surface area contributed by atoms with Crippen LogP contribution in [-0.2, 0) is 9.47 Å². The zero-order valence-corrected chi connectivity index (χ0v) is 9.97. The summed E-state index contributed by atoms with van der Waals surface area (Å²) in [7, 11) is 1.68. The summed E-state index contributed by atoms with van der Waals surface area (Å²) < 4.78 is 10.7. The Hall–Kier alpha value is -0.540. The lowest BCUT2D eigenvalue weighted by Gasteiger charge is -2.22. The minimum Gasteiger partial charge on any atom is -0.505 e. The molecule has 0 aromatic rings. The van der Waals surface area contributed by atoms with Gasteiger partial charge in [0, 0.05) is 12.5 Å². The van der Waals surface area contributed by atoms with Crippen molar-refractivity contribution in [2.75, 3.05) is 13.7 Å². The molecule has 0 spiro atoms. The Morgan fingerprint density at radius 2 is 2.06 bits per heavy atom. The summed E-state index contributed by atoms with van der Waals surface area (Å²) in [4.78, 5) is 0. The van der Waals surface area contributed by atoms with Gasteiger partial charge in [0.25, 0.3) is 0 Å². The maximum Gasteiger partial charge on any atom is 0.0784 e. The van der Waals surface area contributed by atoms with Crippen LogP contribution in [0.4, 0.5) is 0 Å². The van der Waals surface area contributed by atoms with Crippen LogP contribution in [0.2, 0.25) is 0 Å². The van der Waals surface area contributed by atoms with Gasteiger partial charge in [-0.1, -0.05) is 0 Å². The molecule has 4 unspecified atom stereocenters. The van der Waals surface area contributed by atoms with Gasteiger partial charge in [0.15, 0.2) is 0 Å². The highest BCUT2D eigenvalue weighted by Crippen LogP contribution is 2.44. The van der Waals surface area contributed by atoms with Gasteiger partial charge in [0.05, 0.1) is 25.6 Å². The third-order valence-corrected chi connectivity index (χ3v) is 3.88. The molecule has 2 rings (SSSR count).